The van der Waals surface area contributed by atoms with Gasteiger partial charge in [-0.2, -0.15) is 0 Å². The highest BCUT2D eigenvalue weighted by Crippen LogP contribution is 2.22. The second-order valence-corrected chi connectivity index (χ2v) is 6.58. The van der Waals surface area contributed by atoms with E-state index in [9.17, 15) is 4.79 Å². The molecule has 5 nitrogen and oxygen atoms in total. The fourth-order valence-electron chi connectivity index (χ4n) is 3.15. The van der Waals surface area contributed by atoms with E-state index in [-0.39, 0.29) is 5.91 Å². The molecule has 29 heavy (non-hydrogen) atoms. The Labute approximate surface area is 169 Å². The molecule has 0 aliphatic carbocycles. The van der Waals surface area contributed by atoms with Gasteiger partial charge in [0.15, 0.2) is 0 Å². The summed E-state index contributed by atoms with van der Waals surface area (Å²) in [6.45, 7) is 1.04. The molecule has 5 heteroatoms. The van der Waals surface area contributed by atoms with Crippen LogP contribution in [0.2, 0.25) is 0 Å². The van der Waals surface area contributed by atoms with E-state index in [2.05, 4.69) is 15.3 Å². The van der Waals surface area contributed by atoms with Gasteiger partial charge in [0.05, 0.1) is 12.1 Å². The Morgan fingerprint density at radius 1 is 0.897 bits per heavy atom. The minimum Gasteiger partial charge on any atom is -0.491 e. The maximum absolute atomic E-state index is 12.1. The lowest BCUT2D eigenvalue weighted by Crippen LogP contribution is -2.23. The molecule has 4 aromatic rings. The van der Waals surface area contributed by atoms with Crippen LogP contribution >= 0.6 is 0 Å². The van der Waals surface area contributed by atoms with Gasteiger partial charge in [0.25, 0.3) is 0 Å². The van der Waals surface area contributed by atoms with Crippen molar-refractivity contribution in [2.24, 2.45) is 0 Å². The standard InChI is InChI=1S/C24H21N3O2/c28-22(13-12-20-7-1-6-18-9-3-14-26-23(18)20)25-16-5-17-29-21-11-2-8-19-10-4-15-27-24(19)21/h1-4,6-15H,5,16-17H2,(H,25,28)/b13-12+. The first-order chi connectivity index (χ1) is 14.3. The lowest BCUT2D eigenvalue weighted by Gasteiger charge is -2.08. The first kappa shape index (κ1) is 18.6. The number of ether oxygens (including phenoxy) is 1. The molecule has 0 saturated heterocycles. The van der Waals surface area contributed by atoms with E-state index in [0.717, 1.165) is 33.1 Å². The smallest absolute Gasteiger partial charge is 0.244 e. The van der Waals surface area contributed by atoms with Gasteiger partial charge in [0.1, 0.15) is 11.3 Å². The molecule has 0 saturated carbocycles. The van der Waals surface area contributed by atoms with Gasteiger partial charge in [-0.25, -0.2) is 0 Å². The molecule has 1 amide bonds. The molecule has 0 aliphatic heterocycles. The van der Waals surface area contributed by atoms with Gasteiger partial charge in [-0.1, -0.05) is 42.5 Å². The van der Waals surface area contributed by atoms with Crippen LogP contribution in [0.15, 0.2) is 79.1 Å². The fraction of sp³-hybridized carbons (Fsp3) is 0.125. The summed E-state index contributed by atoms with van der Waals surface area (Å²) in [6, 6.07) is 19.6. The molecule has 2 aromatic heterocycles. The second kappa shape index (κ2) is 8.97. The van der Waals surface area contributed by atoms with Crippen LogP contribution in [-0.4, -0.2) is 29.0 Å². The Bertz CT molecular complexity index is 1160. The molecule has 0 fully saturated rings. The summed E-state index contributed by atoms with van der Waals surface area (Å²) in [5.74, 6) is 0.627. The van der Waals surface area contributed by atoms with Crippen LogP contribution in [0.4, 0.5) is 0 Å². The van der Waals surface area contributed by atoms with Gasteiger partial charge in [0.2, 0.25) is 5.91 Å². The van der Waals surface area contributed by atoms with Gasteiger partial charge in [0, 0.05) is 41.4 Å². The summed E-state index contributed by atoms with van der Waals surface area (Å²) in [5, 5.41) is 4.98. The van der Waals surface area contributed by atoms with E-state index in [0.29, 0.717) is 19.6 Å². The number of hydrogen-bond acceptors (Lipinski definition) is 4. The first-order valence-electron chi connectivity index (χ1n) is 9.57. The SMILES string of the molecule is O=C(/C=C/c1cccc2cccnc12)NCCCOc1cccc2cccnc12. The van der Waals surface area contributed by atoms with Gasteiger partial charge in [-0.05, 0) is 30.7 Å². The zero-order valence-corrected chi connectivity index (χ0v) is 15.9. The summed E-state index contributed by atoms with van der Waals surface area (Å²) in [7, 11) is 0. The van der Waals surface area contributed by atoms with Crippen molar-refractivity contribution >= 4 is 33.8 Å². The molecule has 0 spiro atoms. The van der Waals surface area contributed by atoms with Crippen LogP contribution < -0.4 is 10.1 Å². The zero-order chi connectivity index (χ0) is 19.9. The molecule has 0 aliphatic rings. The van der Waals surface area contributed by atoms with Crippen molar-refractivity contribution in [3.63, 3.8) is 0 Å². The number of pyridine rings is 2. The molecule has 2 heterocycles. The number of aromatic nitrogens is 2. The summed E-state index contributed by atoms with van der Waals surface area (Å²) in [6.07, 6.45) is 7.55. The molecule has 0 unspecified atom stereocenters. The van der Waals surface area contributed by atoms with E-state index in [1.807, 2.05) is 60.7 Å². The minimum absolute atomic E-state index is 0.134. The number of carbonyl (C=O) groups is 1. The summed E-state index contributed by atoms with van der Waals surface area (Å²) in [4.78, 5) is 20.9. The normalized spacial score (nSPS) is 11.2. The second-order valence-electron chi connectivity index (χ2n) is 6.58. The first-order valence-corrected chi connectivity index (χ1v) is 9.57. The van der Waals surface area contributed by atoms with Gasteiger partial charge >= 0.3 is 0 Å². The van der Waals surface area contributed by atoms with Crippen molar-refractivity contribution in [2.75, 3.05) is 13.2 Å². The van der Waals surface area contributed by atoms with Crippen LogP contribution in [-0.2, 0) is 4.79 Å². The fourth-order valence-corrected chi connectivity index (χ4v) is 3.15. The number of carbonyl (C=O) groups excluding carboxylic acids is 1. The molecule has 0 atom stereocenters. The number of rotatable bonds is 7. The van der Waals surface area contributed by atoms with Gasteiger partial charge < -0.3 is 10.1 Å². The third-order valence-electron chi connectivity index (χ3n) is 4.55. The van der Waals surface area contributed by atoms with Crippen molar-refractivity contribution < 1.29 is 9.53 Å². The highest BCUT2D eigenvalue weighted by atomic mass is 16.5. The third-order valence-corrected chi connectivity index (χ3v) is 4.55. The Morgan fingerprint density at radius 2 is 1.59 bits per heavy atom. The molecule has 0 bridgehead atoms. The number of amides is 1. The van der Waals surface area contributed by atoms with Gasteiger partial charge in [-0.15, -0.1) is 0 Å². The summed E-state index contributed by atoms with van der Waals surface area (Å²) in [5.41, 5.74) is 2.66. The summed E-state index contributed by atoms with van der Waals surface area (Å²) >= 11 is 0. The number of benzene rings is 2. The zero-order valence-electron chi connectivity index (χ0n) is 15.9. The maximum atomic E-state index is 12.1. The van der Waals surface area contributed by atoms with Crippen molar-refractivity contribution in [2.45, 2.75) is 6.42 Å². The highest BCUT2D eigenvalue weighted by molar-refractivity contribution is 5.95. The van der Waals surface area contributed by atoms with E-state index in [1.54, 1.807) is 24.5 Å². The summed E-state index contributed by atoms with van der Waals surface area (Å²) < 4.78 is 5.84. The van der Waals surface area contributed by atoms with E-state index < -0.39 is 0 Å². The Hall–Kier alpha value is -3.73. The van der Waals surface area contributed by atoms with E-state index in [1.165, 1.54) is 0 Å². The maximum Gasteiger partial charge on any atom is 0.244 e. The molecule has 4 rings (SSSR count). The van der Waals surface area contributed by atoms with Crippen molar-refractivity contribution in [1.82, 2.24) is 15.3 Å². The quantitative estimate of drug-likeness (QED) is 0.380. The van der Waals surface area contributed by atoms with E-state index >= 15 is 0 Å². The average molecular weight is 383 g/mol. The predicted molar refractivity (Wildman–Crippen MR) is 116 cm³/mol. The molecule has 1 N–H and O–H groups in total. The predicted octanol–water partition coefficient (Wildman–Crippen LogP) is 4.38. The van der Waals surface area contributed by atoms with E-state index in [4.69, 9.17) is 4.74 Å². The minimum atomic E-state index is -0.134. The molecule has 2 aromatic carbocycles. The van der Waals surface area contributed by atoms with Crippen LogP contribution in [0.5, 0.6) is 5.75 Å². The Kier molecular flexibility index (Phi) is 5.76. The lowest BCUT2D eigenvalue weighted by atomic mass is 10.1. The van der Waals surface area contributed by atoms with Crippen molar-refractivity contribution in [1.29, 1.82) is 0 Å². The molecule has 0 radical (unpaired) electrons. The molecular formula is C24H21N3O2. The van der Waals surface area contributed by atoms with Crippen LogP contribution in [0, 0.1) is 0 Å². The van der Waals surface area contributed by atoms with Crippen molar-refractivity contribution in [3.05, 3.63) is 84.7 Å². The van der Waals surface area contributed by atoms with Crippen LogP contribution in [0.25, 0.3) is 27.9 Å². The monoisotopic (exact) mass is 383 g/mol. The largest absolute Gasteiger partial charge is 0.491 e. The van der Waals surface area contributed by atoms with Crippen LogP contribution in [0.3, 0.4) is 0 Å². The number of nitrogens with zero attached hydrogens (tertiary/aromatic N) is 2. The lowest BCUT2D eigenvalue weighted by molar-refractivity contribution is -0.116. The van der Waals surface area contributed by atoms with Crippen LogP contribution in [0.1, 0.15) is 12.0 Å². The number of nitrogens with one attached hydrogen (secondary N) is 1. The van der Waals surface area contributed by atoms with Crippen molar-refractivity contribution in [3.8, 4) is 5.75 Å². The highest BCUT2D eigenvalue weighted by Gasteiger charge is 2.03. The number of fused-ring (bicyclic) bond motifs is 2. The number of hydrogen-bond donors (Lipinski definition) is 1. The third kappa shape index (κ3) is 4.58. The molecule has 144 valence electrons. The average Bonchev–Trinajstić information content (AvgIpc) is 2.77. The number of para-hydroxylation sites is 2. The molecular weight excluding hydrogens is 362 g/mol. The topological polar surface area (TPSA) is 64.1 Å². The Balaban J connectivity index is 1.26. The Morgan fingerprint density at radius 3 is 2.41 bits per heavy atom. The van der Waals surface area contributed by atoms with Gasteiger partial charge in [-0.3, -0.25) is 14.8 Å².